The van der Waals surface area contributed by atoms with Gasteiger partial charge in [0.1, 0.15) is 18.2 Å². The van der Waals surface area contributed by atoms with E-state index < -0.39 is 5.91 Å². The number of rotatable bonds is 6. The number of hydrogen-bond acceptors (Lipinski definition) is 4. The number of ether oxygens (including phenoxy) is 1. The molecule has 0 saturated carbocycles. The molecule has 0 aliphatic heterocycles. The van der Waals surface area contributed by atoms with Crippen LogP contribution in [0.3, 0.4) is 0 Å². The van der Waals surface area contributed by atoms with Gasteiger partial charge in [-0.1, -0.05) is 29.8 Å². The minimum atomic E-state index is -0.531. The van der Waals surface area contributed by atoms with E-state index in [1.807, 2.05) is 30.3 Å². The first-order chi connectivity index (χ1) is 14.0. The van der Waals surface area contributed by atoms with Gasteiger partial charge in [-0.15, -0.1) is 0 Å². The van der Waals surface area contributed by atoms with Crippen LogP contribution in [0.25, 0.3) is 17.0 Å². The Balaban J connectivity index is 1.92. The van der Waals surface area contributed by atoms with E-state index in [1.165, 1.54) is 6.08 Å². The van der Waals surface area contributed by atoms with Crippen molar-refractivity contribution < 1.29 is 14.3 Å². The molecule has 1 heterocycles. The number of carbonyl (C=O) groups excluding carboxylic acids is 2. The average molecular weight is 408 g/mol. The van der Waals surface area contributed by atoms with E-state index >= 15 is 0 Å². The zero-order chi connectivity index (χ0) is 20.8. The van der Waals surface area contributed by atoms with Gasteiger partial charge in [-0.3, -0.25) is 9.59 Å². The lowest BCUT2D eigenvalue weighted by Crippen LogP contribution is -2.13. The van der Waals surface area contributed by atoms with Crippen molar-refractivity contribution >= 4 is 46.1 Å². The fraction of sp³-hybridized carbons (Fsp3) is 0.136. The molecule has 1 aromatic heterocycles. The summed E-state index contributed by atoms with van der Waals surface area (Å²) in [4.78, 5) is 24.4. The van der Waals surface area contributed by atoms with Crippen molar-refractivity contribution in [3.63, 3.8) is 0 Å². The molecule has 3 rings (SSSR count). The van der Waals surface area contributed by atoms with E-state index in [0.717, 1.165) is 10.9 Å². The number of esters is 1. The van der Waals surface area contributed by atoms with Crippen LogP contribution in [0.2, 0.25) is 5.02 Å². The van der Waals surface area contributed by atoms with Crippen molar-refractivity contribution in [2.75, 3.05) is 11.9 Å². The smallest absolute Gasteiger partial charge is 0.325 e. The van der Waals surface area contributed by atoms with Gasteiger partial charge in [0.25, 0.3) is 5.91 Å². The summed E-state index contributed by atoms with van der Waals surface area (Å²) in [5, 5.41) is 13.5. The lowest BCUT2D eigenvalue weighted by atomic mass is 10.1. The normalized spacial score (nSPS) is 11.1. The highest BCUT2D eigenvalue weighted by Crippen LogP contribution is 2.24. The minimum Gasteiger partial charge on any atom is -0.465 e. The Morgan fingerprint density at radius 1 is 1.21 bits per heavy atom. The van der Waals surface area contributed by atoms with E-state index in [0.29, 0.717) is 22.9 Å². The standard InChI is InChI=1S/C22H18ClN3O3/c1-2-29-21(27)14-26-13-16(19-5-3-4-6-20(19)26)11-15(12-24)22(28)25-18-9-7-17(23)8-10-18/h3-11,13H,2,14H2,1H3,(H,25,28)/b15-11+. The van der Waals surface area contributed by atoms with Gasteiger partial charge < -0.3 is 14.6 Å². The number of para-hydroxylation sites is 1. The van der Waals surface area contributed by atoms with Gasteiger partial charge in [0, 0.05) is 33.4 Å². The number of aromatic nitrogens is 1. The lowest BCUT2D eigenvalue weighted by molar-refractivity contribution is -0.143. The van der Waals surface area contributed by atoms with Crippen molar-refractivity contribution in [3.8, 4) is 6.07 Å². The molecular formula is C22H18ClN3O3. The molecule has 0 fully saturated rings. The van der Waals surface area contributed by atoms with Crippen molar-refractivity contribution in [3.05, 3.63) is 70.9 Å². The monoisotopic (exact) mass is 407 g/mol. The molecule has 7 heteroatoms. The Hall–Kier alpha value is -3.56. The Morgan fingerprint density at radius 3 is 2.62 bits per heavy atom. The number of carbonyl (C=O) groups is 2. The third-order valence-electron chi connectivity index (χ3n) is 4.19. The number of nitriles is 1. The van der Waals surface area contributed by atoms with Crippen LogP contribution in [0.15, 0.2) is 60.3 Å². The van der Waals surface area contributed by atoms with Gasteiger partial charge in [0.2, 0.25) is 0 Å². The van der Waals surface area contributed by atoms with Crippen LogP contribution < -0.4 is 5.32 Å². The summed E-state index contributed by atoms with van der Waals surface area (Å²) >= 11 is 5.85. The number of fused-ring (bicyclic) bond motifs is 1. The molecule has 6 nitrogen and oxygen atoms in total. The Morgan fingerprint density at radius 2 is 1.93 bits per heavy atom. The second-order valence-electron chi connectivity index (χ2n) is 6.17. The summed E-state index contributed by atoms with van der Waals surface area (Å²) in [5.41, 5.74) is 1.94. The molecule has 0 unspecified atom stereocenters. The molecule has 1 amide bonds. The highest BCUT2D eigenvalue weighted by atomic mass is 35.5. The van der Waals surface area contributed by atoms with Crippen LogP contribution >= 0.6 is 11.6 Å². The number of hydrogen-bond donors (Lipinski definition) is 1. The Labute approximate surface area is 173 Å². The van der Waals surface area contributed by atoms with Crippen molar-refractivity contribution in [2.45, 2.75) is 13.5 Å². The fourth-order valence-corrected chi connectivity index (χ4v) is 3.03. The number of nitrogens with zero attached hydrogens (tertiary/aromatic N) is 2. The van der Waals surface area contributed by atoms with Crippen molar-refractivity contribution in [1.82, 2.24) is 4.57 Å². The number of nitrogens with one attached hydrogen (secondary N) is 1. The second kappa shape index (κ2) is 9.09. The number of benzene rings is 2. The van der Waals surface area contributed by atoms with Crippen LogP contribution in [0, 0.1) is 11.3 Å². The summed E-state index contributed by atoms with van der Waals surface area (Å²) < 4.78 is 6.76. The zero-order valence-electron chi connectivity index (χ0n) is 15.7. The Bertz CT molecular complexity index is 1120. The SMILES string of the molecule is CCOC(=O)Cn1cc(/C=C(\C#N)C(=O)Nc2ccc(Cl)cc2)c2ccccc21. The number of anilines is 1. The van der Waals surface area contributed by atoms with E-state index in [-0.39, 0.29) is 18.1 Å². The van der Waals surface area contributed by atoms with E-state index in [9.17, 15) is 14.9 Å². The highest BCUT2D eigenvalue weighted by Gasteiger charge is 2.14. The maximum Gasteiger partial charge on any atom is 0.325 e. The summed E-state index contributed by atoms with van der Waals surface area (Å²) in [7, 11) is 0. The predicted octanol–water partition coefficient (Wildman–Crippen LogP) is 4.40. The van der Waals surface area contributed by atoms with Gasteiger partial charge in [0.15, 0.2) is 0 Å². The average Bonchev–Trinajstić information content (AvgIpc) is 3.05. The Kier molecular flexibility index (Phi) is 6.32. The van der Waals surface area contributed by atoms with Gasteiger partial charge in [0.05, 0.1) is 6.61 Å². The summed E-state index contributed by atoms with van der Waals surface area (Å²) in [5.74, 6) is -0.887. The number of amides is 1. The first-order valence-corrected chi connectivity index (χ1v) is 9.32. The first-order valence-electron chi connectivity index (χ1n) is 8.94. The van der Waals surface area contributed by atoms with Crippen LogP contribution in [-0.2, 0) is 20.9 Å². The van der Waals surface area contributed by atoms with Crippen molar-refractivity contribution in [2.24, 2.45) is 0 Å². The van der Waals surface area contributed by atoms with Crippen LogP contribution in [-0.4, -0.2) is 23.1 Å². The molecule has 0 aliphatic rings. The summed E-state index contributed by atoms with van der Waals surface area (Å²) in [6, 6.07) is 16.0. The maximum absolute atomic E-state index is 12.5. The zero-order valence-corrected chi connectivity index (χ0v) is 16.4. The van der Waals surface area contributed by atoms with Crippen LogP contribution in [0.5, 0.6) is 0 Å². The fourth-order valence-electron chi connectivity index (χ4n) is 2.90. The number of halogens is 1. The topological polar surface area (TPSA) is 84.1 Å². The largest absolute Gasteiger partial charge is 0.465 e. The van der Waals surface area contributed by atoms with E-state index in [2.05, 4.69) is 5.32 Å². The summed E-state index contributed by atoms with van der Waals surface area (Å²) in [6.07, 6.45) is 3.24. The molecule has 29 heavy (non-hydrogen) atoms. The molecule has 0 radical (unpaired) electrons. The molecule has 0 atom stereocenters. The third kappa shape index (κ3) is 4.84. The van der Waals surface area contributed by atoms with Crippen molar-refractivity contribution in [1.29, 1.82) is 5.26 Å². The van der Waals surface area contributed by atoms with Crippen LogP contribution in [0.4, 0.5) is 5.69 Å². The molecular weight excluding hydrogens is 390 g/mol. The minimum absolute atomic E-state index is 0.0427. The molecule has 3 aromatic rings. The van der Waals surface area contributed by atoms with E-state index in [4.69, 9.17) is 16.3 Å². The van der Waals surface area contributed by atoms with Gasteiger partial charge in [-0.25, -0.2) is 0 Å². The first kappa shape index (κ1) is 20.2. The van der Waals surface area contributed by atoms with Gasteiger partial charge in [-0.05, 0) is 43.3 Å². The predicted molar refractivity (Wildman–Crippen MR) is 112 cm³/mol. The molecule has 2 aromatic carbocycles. The second-order valence-corrected chi connectivity index (χ2v) is 6.60. The maximum atomic E-state index is 12.5. The molecule has 0 spiro atoms. The van der Waals surface area contributed by atoms with Gasteiger partial charge in [-0.2, -0.15) is 5.26 Å². The summed E-state index contributed by atoms with van der Waals surface area (Å²) in [6.45, 7) is 2.09. The lowest BCUT2D eigenvalue weighted by Gasteiger charge is -2.04. The quantitative estimate of drug-likeness (QED) is 0.373. The highest BCUT2D eigenvalue weighted by molar-refractivity contribution is 6.30. The van der Waals surface area contributed by atoms with Crippen LogP contribution in [0.1, 0.15) is 12.5 Å². The molecule has 0 aliphatic carbocycles. The third-order valence-corrected chi connectivity index (χ3v) is 4.44. The molecule has 0 bridgehead atoms. The molecule has 1 N–H and O–H groups in total. The molecule has 146 valence electrons. The molecule has 0 saturated heterocycles. The van der Waals surface area contributed by atoms with Gasteiger partial charge >= 0.3 is 5.97 Å². The van der Waals surface area contributed by atoms with E-state index in [1.54, 1.807) is 42.0 Å².